The normalized spacial score (nSPS) is 10.2. The van der Waals surface area contributed by atoms with Crippen LogP contribution in [0.2, 0.25) is 0 Å². The van der Waals surface area contributed by atoms with Crippen molar-refractivity contribution in [2.45, 2.75) is 13.8 Å². The van der Waals surface area contributed by atoms with E-state index >= 15 is 0 Å². The molecule has 2 rings (SSSR count). The molecule has 1 aromatic carbocycles. The summed E-state index contributed by atoms with van der Waals surface area (Å²) in [7, 11) is 0. The molecular formula is C12H12N4O3. The van der Waals surface area contributed by atoms with Gasteiger partial charge in [0.1, 0.15) is 17.4 Å². The van der Waals surface area contributed by atoms with Gasteiger partial charge in [-0.15, -0.1) is 0 Å². The van der Waals surface area contributed by atoms with Crippen LogP contribution in [0.25, 0.3) is 0 Å². The monoisotopic (exact) mass is 260 g/mol. The summed E-state index contributed by atoms with van der Waals surface area (Å²) in [6.07, 6.45) is 0. The maximum atomic E-state index is 10.7. The summed E-state index contributed by atoms with van der Waals surface area (Å²) in [5, 5.41) is 10.7. The zero-order valence-electron chi connectivity index (χ0n) is 10.5. The fourth-order valence-corrected chi connectivity index (χ4v) is 1.50. The van der Waals surface area contributed by atoms with E-state index in [1.54, 1.807) is 26.0 Å². The number of aryl methyl sites for hydroxylation is 1. The lowest BCUT2D eigenvalue weighted by molar-refractivity contribution is -0.384. The number of nitro groups is 1. The lowest BCUT2D eigenvalue weighted by atomic mass is 10.3. The van der Waals surface area contributed by atoms with Crippen LogP contribution in [0, 0.1) is 24.0 Å². The Morgan fingerprint density at radius 1 is 1.32 bits per heavy atom. The standard InChI is InChI=1S/C12H12N4O3/c1-7-11(13)14-8(2)15-12(7)19-10-5-3-4-9(6-10)16(17)18/h3-6H,1-2H3,(H2,13,14,15). The molecule has 7 heteroatoms. The topological polar surface area (TPSA) is 104 Å². The Morgan fingerprint density at radius 3 is 2.74 bits per heavy atom. The van der Waals surface area contributed by atoms with Gasteiger partial charge in [0.15, 0.2) is 0 Å². The van der Waals surface area contributed by atoms with E-state index in [1.165, 1.54) is 12.1 Å². The Balaban J connectivity index is 2.36. The maximum absolute atomic E-state index is 10.7. The first-order valence-electron chi connectivity index (χ1n) is 5.50. The number of anilines is 1. The molecule has 98 valence electrons. The van der Waals surface area contributed by atoms with Crippen molar-refractivity contribution in [1.82, 2.24) is 9.97 Å². The third kappa shape index (κ3) is 2.76. The summed E-state index contributed by atoms with van der Waals surface area (Å²) in [6.45, 7) is 3.41. The van der Waals surface area contributed by atoms with E-state index in [-0.39, 0.29) is 5.69 Å². The molecule has 1 aromatic heterocycles. The van der Waals surface area contributed by atoms with Crippen LogP contribution in [0.4, 0.5) is 11.5 Å². The number of aromatic nitrogens is 2. The molecule has 0 aliphatic carbocycles. The van der Waals surface area contributed by atoms with Gasteiger partial charge in [-0.2, -0.15) is 4.98 Å². The van der Waals surface area contributed by atoms with Crippen LogP contribution in [0.5, 0.6) is 11.6 Å². The minimum Gasteiger partial charge on any atom is -0.438 e. The van der Waals surface area contributed by atoms with Gasteiger partial charge >= 0.3 is 0 Å². The van der Waals surface area contributed by atoms with Crippen LogP contribution in [0.15, 0.2) is 24.3 Å². The number of non-ortho nitro benzene ring substituents is 1. The van der Waals surface area contributed by atoms with Gasteiger partial charge in [0.25, 0.3) is 5.69 Å². The van der Waals surface area contributed by atoms with Gasteiger partial charge in [-0.1, -0.05) is 6.07 Å². The van der Waals surface area contributed by atoms with Gasteiger partial charge in [0.05, 0.1) is 16.6 Å². The first-order valence-corrected chi connectivity index (χ1v) is 5.50. The molecule has 0 radical (unpaired) electrons. The summed E-state index contributed by atoms with van der Waals surface area (Å²) < 4.78 is 5.53. The number of hydrogen-bond donors (Lipinski definition) is 1. The summed E-state index contributed by atoms with van der Waals surface area (Å²) in [6, 6.07) is 5.87. The van der Waals surface area contributed by atoms with Crippen molar-refractivity contribution in [3.8, 4) is 11.6 Å². The fourth-order valence-electron chi connectivity index (χ4n) is 1.50. The SMILES string of the molecule is Cc1nc(N)c(C)c(Oc2cccc([N+](=O)[O-])c2)n1. The highest BCUT2D eigenvalue weighted by Crippen LogP contribution is 2.27. The molecule has 0 unspecified atom stereocenters. The number of nitrogens with two attached hydrogens (primary N) is 1. The Morgan fingerprint density at radius 2 is 2.05 bits per heavy atom. The molecule has 19 heavy (non-hydrogen) atoms. The number of nitro benzene ring substituents is 1. The van der Waals surface area contributed by atoms with Crippen LogP contribution in [0.3, 0.4) is 0 Å². The molecule has 2 N–H and O–H groups in total. The molecule has 0 aliphatic rings. The maximum Gasteiger partial charge on any atom is 0.273 e. The number of rotatable bonds is 3. The van der Waals surface area contributed by atoms with E-state index < -0.39 is 4.92 Å². The fraction of sp³-hybridized carbons (Fsp3) is 0.167. The lowest BCUT2D eigenvalue weighted by Gasteiger charge is -2.09. The zero-order chi connectivity index (χ0) is 14.0. The highest BCUT2D eigenvalue weighted by molar-refractivity contribution is 5.47. The van der Waals surface area contributed by atoms with Crippen molar-refractivity contribution < 1.29 is 9.66 Å². The van der Waals surface area contributed by atoms with E-state index in [1.807, 2.05) is 0 Å². The van der Waals surface area contributed by atoms with E-state index in [2.05, 4.69) is 9.97 Å². The van der Waals surface area contributed by atoms with Crippen LogP contribution >= 0.6 is 0 Å². The molecule has 0 atom stereocenters. The lowest BCUT2D eigenvalue weighted by Crippen LogP contribution is -2.02. The molecule has 0 saturated carbocycles. The van der Waals surface area contributed by atoms with Crippen LogP contribution in [-0.4, -0.2) is 14.9 Å². The van der Waals surface area contributed by atoms with Gasteiger partial charge in [-0.3, -0.25) is 10.1 Å². The Bertz CT molecular complexity index is 643. The van der Waals surface area contributed by atoms with Gasteiger partial charge in [-0.25, -0.2) is 4.98 Å². The highest BCUT2D eigenvalue weighted by Gasteiger charge is 2.11. The van der Waals surface area contributed by atoms with Gasteiger partial charge in [0.2, 0.25) is 5.88 Å². The number of ether oxygens (including phenoxy) is 1. The summed E-state index contributed by atoms with van der Waals surface area (Å²) in [5.41, 5.74) is 6.26. The van der Waals surface area contributed by atoms with Crippen molar-refractivity contribution in [2.24, 2.45) is 0 Å². The van der Waals surface area contributed by atoms with E-state index in [9.17, 15) is 10.1 Å². The molecule has 1 heterocycles. The summed E-state index contributed by atoms with van der Waals surface area (Å²) in [4.78, 5) is 18.3. The van der Waals surface area contributed by atoms with Gasteiger partial charge in [-0.05, 0) is 19.9 Å². The van der Waals surface area contributed by atoms with E-state index in [4.69, 9.17) is 10.5 Å². The summed E-state index contributed by atoms with van der Waals surface area (Å²) >= 11 is 0. The van der Waals surface area contributed by atoms with E-state index in [0.29, 0.717) is 28.8 Å². The molecule has 0 fully saturated rings. The average Bonchev–Trinajstić information content (AvgIpc) is 2.35. The van der Waals surface area contributed by atoms with E-state index in [0.717, 1.165) is 0 Å². The molecule has 0 amide bonds. The second kappa shape index (κ2) is 4.89. The van der Waals surface area contributed by atoms with Gasteiger partial charge in [0, 0.05) is 6.07 Å². The third-order valence-electron chi connectivity index (χ3n) is 2.49. The van der Waals surface area contributed by atoms with Crippen molar-refractivity contribution in [3.63, 3.8) is 0 Å². The molecule has 2 aromatic rings. The number of nitrogen functional groups attached to an aromatic ring is 1. The Kier molecular flexibility index (Phi) is 3.28. The molecule has 0 spiro atoms. The third-order valence-corrected chi connectivity index (χ3v) is 2.49. The second-order valence-electron chi connectivity index (χ2n) is 3.94. The quantitative estimate of drug-likeness (QED) is 0.671. The molecule has 7 nitrogen and oxygen atoms in total. The molecular weight excluding hydrogens is 248 g/mol. The number of benzene rings is 1. The zero-order valence-corrected chi connectivity index (χ0v) is 10.5. The Labute approximate surface area is 109 Å². The number of nitrogens with zero attached hydrogens (tertiary/aromatic N) is 3. The smallest absolute Gasteiger partial charge is 0.273 e. The van der Waals surface area contributed by atoms with Crippen LogP contribution in [-0.2, 0) is 0 Å². The molecule has 0 aliphatic heterocycles. The average molecular weight is 260 g/mol. The predicted octanol–water partition coefficient (Wildman–Crippen LogP) is 2.38. The van der Waals surface area contributed by atoms with Crippen molar-refractivity contribution in [2.75, 3.05) is 5.73 Å². The van der Waals surface area contributed by atoms with Crippen LogP contribution < -0.4 is 10.5 Å². The minimum absolute atomic E-state index is 0.0473. The van der Waals surface area contributed by atoms with Gasteiger partial charge < -0.3 is 10.5 Å². The predicted molar refractivity (Wildman–Crippen MR) is 69.1 cm³/mol. The van der Waals surface area contributed by atoms with Crippen molar-refractivity contribution >= 4 is 11.5 Å². The minimum atomic E-state index is -0.487. The summed E-state index contributed by atoms with van der Waals surface area (Å²) in [5.74, 6) is 1.43. The first-order chi connectivity index (χ1) is 8.97. The molecule has 0 saturated heterocycles. The Hall–Kier alpha value is -2.70. The molecule has 0 bridgehead atoms. The highest BCUT2D eigenvalue weighted by atomic mass is 16.6. The van der Waals surface area contributed by atoms with Crippen LogP contribution in [0.1, 0.15) is 11.4 Å². The largest absolute Gasteiger partial charge is 0.438 e. The first kappa shape index (κ1) is 12.7. The number of hydrogen-bond acceptors (Lipinski definition) is 6. The second-order valence-corrected chi connectivity index (χ2v) is 3.94. The van der Waals surface area contributed by atoms with Crippen molar-refractivity contribution in [3.05, 3.63) is 45.8 Å². The van der Waals surface area contributed by atoms with Crippen molar-refractivity contribution in [1.29, 1.82) is 0 Å².